The first-order valence-electron chi connectivity index (χ1n) is 13.6. The van der Waals surface area contributed by atoms with Gasteiger partial charge in [0.05, 0.1) is 44.4 Å². The number of hydrogen-bond acceptors (Lipinski definition) is 8. The van der Waals surface area contributed by atoms with E-state index in [1.165, 1.54) is 5.56 Å². The van der Waals surface area contributed by atoms with Crippen LogP contribution in [-0.4, -0.2) is 53.9 Å². The van der Waals surface area contributed by atoms with Gasteiger partial charge in [-0.2, -0.15) is 5.10 Å². The summed E-state index contributed by atoms with van der Waals surface area (Å²) in [6.07, 6.45) is 9.60. The molecule has 3 heterocycles. The van der Waals surface area contributed by atoms with Crippen LogP contribution in [0.4, 0.5) is 0 Å². The molecule has 0 saturated heterocycles. The number of nitrogens with zero attached hydrogens (tertiary/aromatic N) is 4. The Kier molecular flexibility index (Phi) is 8.52. The molecular formula is C32H33N5O5. The number of aromatic nitrogens is 3. The summed E-state index contributed by atoms with van der Waals surface area (Å²) in [7, 11) is 3.15. The van der Waals surface area contributed by atoms with E-state index in [9.17, 15) is 4.79 Å². The van der Waals surface area contributed by atoms with Crippen molar-refractivity contribution in [2.45, 2.75) is 32.9 Å². The minimum atomic E-state index is -0.640. The monoisotopic (exact) mass is 567 g/mol. The van der Waals surface area contributed by atoms with Gasteiger partial charge in [0.2, 0.25) is 0 Å². The minimum Gasteiger partial charge on any atom is -0.493 e. The molecule has 1 aliphatic rings. The van der Waals surface area contributed by atoms with Gasteiger partial charge in [0.1, 0.15) is 17.7 Å². The Balaban J connectivity index is 1.31. The van der Waals surface area contributed by atoms with Crippen LogP contribution in [0.3, 0.4) is 0 Å². The van der Waals surface area contributed by atoms with Gasteiger partial charge in [0, 0.05) is 17.6 Å². The molecule has 10 nitrogen and oxygen atoms in total. The fourth-order valence-electron chi connectivity index (χ4n) is 4.43. The zero-order valence-electron chi connectivity index (χ0n) is 24.2. The number of methoxy groups -OCH3 is 2. The van der Waals surface area contributed by atoms with E-state index < -0.39 is 12.1 Å². The average Bonchev–Trinajstić information content (AvgIpc) is 3.30. The number of amides is 1. The molecule has 0 aliphatic carbocycles. The summed E-state index contributed by atoms with van der Waals surface area (Å²) in [5.74, 6) is 2.60. The lowest BCUT2D eigenvalue weighted by molar-refractivity contribution is 0.0936. The Morgan fingerprint density at radius 3 is 2.50 bits per heavy atom. The Morgan fingerprint density at radius 2 is 1.79 bits per heavy atom. The van der Waals surface area contributed by atoms with Gasteiger partial charge in [-0.1, -0.05) is 32.1 Å². The van der Waals surface area contributed by atoms with E-state index in [0.717, 1.165) is 11.1 Å². The summed E-state index contributed by atoms with van der Waals surface area (Å²) in [5.41, 5.74) is 2.92. The van der Waals surface area contributed by atoms with Crippen molar-refractivity contribution in [3.05, 3.63) is 90.1 Å². The fraction of sp³-hybridized carbons (Fsp3) is 0.250. The maximum atomic E-state index is 13.3. The second-order valence-electron chi connectivity index (χ2n) is 9.75. The third-order valence-corrected chi connectivity index (χ3v) is 6.65. The molecule has 216 valence electrons. The van der Waals surface area contributed by atoms with Gasteiger partial charge in [-0.15, -0.1) is 0 Å². The quantitative estimate of drug-likeness (QED) is 0.265. The molecule has 1 N–H and O–H groups in total. The number of pyridine rings is 1. The highest BCUT2D eigenvalue weighted by Gasteiger charge is 2.21. The number of nitrogens with one attached hydrogen (secondary N) is 1. The highest BCUT2D eigenvalue weighted by molar-refractivity contribution is 5.95. The molecule has 1 aliphatic heterocycles. The first kappa shape index (κ1) is 28.4. The fourth-order valence-corrected chi connectivity index (χ4v) is 4.43. The Morgan fingerprint density at radius 1 is 1.02 bits per heavy atom. The van der Waals surface area contributed by atoms with Crippen LogP contribution in [0, 0.1) is 0 Å². The Bertz CT molecular complexity index is 1670. The van der Waals surface area contributed by atoms with Crippen LogP contribution in [0.15, 0.2) is 83.8 Å². The topological polar surface area (TPSA) is 109 Å². The number of benzene rings is 2. The van der Waals surface area contributed by atoms with Gasteiger partial charge in [0.15, 0.2) is 22.9 Å². The predicted octanol–water partition coefficient (Wildman–Crippen LogP) is 5.62. The summed E-state index contributed by atoms with van der Waals surface area (Å²) in [4.78, 5) is 22.2. The van der Waals surface area contributed by atoms with Crippen LogP contribution < -0.4 is 24.3 Å². The Labute approximate surface area is 244 Å². The summed E-state index contributed by atoms with van der Waals surface area (Å²) in [6, 6.07) is 13.4. The molecule has 0 fully saturated rings. The number of carbonyl (C=O) groups excluding carboxylic acids is 1. The third kappa shape index (κ3) is 6.12. The molecule has 5 rings (SSSR count). The number of allylic oxidation sites excluding steroid dienone is 3. The highest BCUT2D eigenvalue weighted by atomic mass is 16.5. The number of ether oxygens (including phenoxy) is 4. The molecule has 1 amide bonds. The van der Waals surface area contributed by atoms with E-state index in [4.69, 9.17) is 18.9 Å². The van der Waals surface area contributed by atoms with E-state index in [-0.39, 0.29) is 5.69 Å². The van der Waals surface area contributed by atoms with Crippen LogP contribution in [0.5, 0.6) is 23.0 Å². The zero-order chi connectivity index (χ0) is 29.6. The lowest BCUT2D eigenvalue weighted by atomic mass is 10.0. The van der Waals surface area contributed by atoms with Gasteiger partial charge in [-0.3, -0.25) is 14.8 Å². The maximum Gasteiger partial charge on any atom is 0.277 e. The second-order valence-corrected chi connectivity index (χ2v) is 9.75. The van der Waals surface area contributed by atoms with E-state index in [2.05, 4.69) is 46.4 Å². The van der Waals surface area contributed by atoms with Gasteiger partial charge in [0.25, 0.3) is 5.91 Å². The van der Waals surface area contributed by atoms with Crippen LogP contribution in [0.2, 0.25) is 0 Å². The number of rotatable bonds is 10. The largest absolute Gasteiger partial charge is 0.493 e. The maximum absolute atomic E-state index is 13.3. The lowest BCUT2D eigenvalue weighted by Gasteiger charge is -2.12. The van der Waals surface area contributed by atoms with Crippen LogP contribution in [-0.2, 0) is 0 Å². The van der Waals surface area contributed by atoms with Crippen molar-refractivity contribution in [2.24, 2.45) is 4.99 Å². The van der Waals surface area contributed by atoms with Crippen molar-refractivity contribution in [3.8, 4) is 28.7 Å². The first-order chi connectivity index (χ1) is 20.4. The molecule has 0 spiro atoms. The molecule has 0 bridgehead atoms. The number of carbonyl (C=O) groups is 1. The van der Waals surface area contributed by atoms with Crippen LogP contribution in [0.1, 0.15) is 42.7 Å². The van der Waals surface area contributed by atoms with E-state index in [1.54, 1.807) is 67.9 Å². The molecular weight excluding hydrogens is 534 g/mol. The third-order valence-electron chi connectivity index (χ3n) is 6.65. The smallest absolute Gasteiger partial charge is 0.277 e. The SMILES string of the molecule is CCOc1cn(-c2ccc(C(C)C)cc2)nc1C(=O)NC1C=CC=C(Oc2ccnc3cc(OC)c(OC)cc23)C=N1. The Hall–Kier alpha value is -5.12. The normalized spacial score (nSPS) is 14.4. The molecule has 2 aromatic carbocycles. The molecule has 1 atom stereocenters. The lowest BCUT2D eigenvalue weighted by Crippen LogP contribution is -2.32. The van der Waals surface area contributed by atoms with Crippen molar-refractivity contribution < 1.29 is 23.7 Å². The van der Waals surface area contributed by atoms with Crippen molar-refractivity contribution in [1.29, 1.82) is 0 Å². The molecule has 42 heavy (non-hydrogen) atoms. The van der Waals surface area contributed by atoms with Gasteiger partial charge >= 0.3 is 0 Å². The number of fused-ring (bicyclic) bond motifs is 1. The molecule has 0 saturated carbocycles. The first-order valence-corrected chi connectivity index (χ1v) is 13.6. The summed E-state index contributed by atoms with van der Waals surface area (Å²) < 4.78 is 24.4. The van der Waals surface area contributed by atoms with Gasteiger partial charge in [-0.25, -0.2) is 4.68 Å². The molecule has 0 radical (unpaired) electrons. The summed E-state index contributed by atoms with van der Waals surface area (Å²) in [6.45, 7) is 6.54. The number of hydrogen-bond donors (Lipinski definition) is 1. The van der Waals surface area contributed by atoms with Gasteiger partial charge in [-0.05, 0) is 54.8 Å². The van der Waals surface area contributed by atoms with E-state index in [0.29, 0.717) is 46.8 Å². The summed E-state index contributed by atoms with van der Waals surface area (Å²) >= 11 is 0. The minimum absolute atomic E-state index is 0.176. The molecule has 4 aromatic rings. The standard InChI is InChI=1S/C32H33N5O5/c1-6-41-29-19-37(22-12-10-21(11-13-22)20(2)3)36-31(29)32(38)35-30-9-7-8-23(18-34-30)42-26-14-15-33-25-17-28(40-5)27(39-4)16-24(25)26/h7-20,30H,6H2,1-5H3,(H,35,38). The summed E-state index contributed by atoms with van der Waals surface area (Å²) in [5, 5.41) is 8.18. The zero-order valence-corrected chi connectivity index (χ0v) is 24.2. The molecule has 2 aromatic heterocycles. The van der Waals surface area contributed by atoms with Crippen molar-refractivity contribution in [3.63, 3.8) is 0 Å². The van der Waals surface area contributed by atoms with E-state index in [1.807, 2.05) is 25.1 Å². The van der Waals surface area contributed by atoms with Crippen LogP contribution in [0.25, 0.3) is 16.6 Å². The second kappa shape index (κ2) is 12.6. The molecule has 10 heteroatoms. The van der Waals surface area contributed by atoms with E-state index >= 15 is 0 Å². The highest BCUT2D eigenvalue weighted by Crippen LogP contribution is 2.35. The average molecular weight is 568 g/mol. The molecule has 1 unspecified atom stereocenters. The van der Waals surface area contributed by atoms with Crippen molar-refractivity contribution in [1.82, 2.24) is 20.1 Å². The van der Waals surface area contributed by atoms with Gasteiger partial charge < -0.3 is 24.3 Å². The van der Waals surface area contributed by atoms with Crippen LogP contribution >= 0.6 is 0 Å². The number of aliphatic imine (C=N–C) groups is 1. The van der Waals surface area contributed by atoms with Crippen molar-refractivity contribution >= 4 is 23.0 Å². The van der Waals surface area contributed by atoms with Crippen molar-refractivity contribution in [2.75, 3.05) is 20.8 Å². The predicted molar refractivity (Wildman–Crippen MR) is 161 cm³/mol.